The molecule has 2 N–H and O–H groups in total. The monoisotopic (exact) mass is 407 g/mol. The second-order valence-corrected chi connectivity index (χ2v) is 6.54. The van der Waals surface area contributed by atoms with E-state index in [0.717, 1.165) is 21.5 Å². The van der Waals surface area contributed by atoms with Gasteiger partial charge in [-0.05, 0) is 38.1 Å². The third-order valence-electron chi connectivity index (χ3n) is 3.78. The molecule has 0 fully saturated rings. The summed E-state index contributed by atoms with van der Waals surface area (Å²) in [6, 6.07) is 9.70. The maximum Gasteiger partial charge on any atom is 0.253 e. The number of benzene rings is 1. The number of nitrogens with one attached hydrogen (secondary N) is 2. The molecule has 0 unspecified atom stereocenters. The van der Waals surface area contributed by atoms with Gasteiger partial charge in [-0.15, -0.1) is 0 Å². The zero-order valence-electron chi connectivity index (χ0n) is 14.6. The first kappa shape index (κ1) is 19.2. The van der Waals surface area contributed by atoms with E-state index in [1.54, 1.807) is 7.11 Å². The number of carbonyl (C=O) groups is 2. The smallest absolute Gasteiger partial charge is 0.253 e. The van der Waals surface area contributed by atoms with Crippen molar-refractivity contribution in [2.75, 3.05) is 26.8 Å². The zero-order chi connectivity index (χ0) is 18.4. The van der Waals surface area contributed by atoms with Gasteiger partial charge < -0.3 is 19.9 Å². The van der Waals surface area contributed by atoms with Crippen LogP contribution in [0.25, 0.3) is 5.69 Å². The van der Waals surface area contributed by atoms with Crippen molar-refractivity contribution >= 4 is 27.7 Å². The molecule has 0 atom stereocenters. The van der Waals surface area contributed by atoms with E-state index in [-0.39, 0.29) is 18.4 Å². The molecular formula is C18H22BrN3O3. The van der Waals surface area contributed by atoms with Crippen LogP contribution in [0.15, 0.2) is 34.8 Å². The number of hydrogen-bond acceptors (Lipinski definition) is 3. The molecule has 0 aliphatic rings. The van der Waals surface area contributed by atoms with Gasteiger partial charge in [-0.3, -0.25) is 9.59 Å². The fraction of sp³-hybridized carbons (Fsp3) is 0.333. The highest BCUT2D eigenvalue weighted by Gasteiger charge is 2.17. The first-order valence-corrected chi connectivity index (χ1v) is 8.72. The highest BCUT2D eigenvalue weighted by molar-refractivity contribution is 9.10. The van der Waals surface area contributed by atoms with Gasteiger partial charge in [0.05, 0.1) is 18.7 Å². The van der Waals surface area contributed by atoms with E-state index in [4.69, 9.17) is 4.74 Å². The Hall–Kier alpha value is -2.12. The number of halogens is 1. The third kappa shape index (κ3) is 4.93. The molecule has 0 radical (unpaired) electrons. The van der Waals surface area contributed by atoms with Crippen molar-refractivity contribution in [3.05, 3.63) is 51.8 Å². The lowest BCUT2D eigenvalue weighted by Crippen LogP contribution is -2.38. The number of hydrogen-bond donors (Lipinski definition) is 2. The Bertz CT molecular complexity index is 771. The lowest BCUT2D eigenvalue weighted by molar-refractivity contribution is -0.120. The SMILES string of the molecule is COCCNC(=O)CNC(=O)c1cc(C)n(-c2cccc(Br)c2)c1C. The highest BCUT2D eigenvalue weighted by Crippen LogP contribution is 2.23. The van der Waals surface area contributed by atoms with Gasteiger partial charge in [0.25, 0.3) is 5.91 Å². The summed E-state index contributed by atoms with van der Waals surface area (Å²) in [7, 11) is 1.56. The summed E-state index contributed by atoms with van der Waals surface area (Å²) in [6.45, 7) is 4.63. The number of aryl methyl sites for hydroxylation is 1. The summed E-state index contributed by atoms with van der Waals surface area (Å²) in [4.78, 5) is 24.1. The van der Waals surface area contributed by atoms with Crippen molar-refractivity contribution in [3.8, 4) is 5.69 Å². The molecule has 0 spiro atoms. The quantitative estimate of drug-likeness (QED) is 0.691. The minimum atomic E-state index is -0.267. The second-order valence-electron chi connectivity index (χ2n) is 5.63. The molecule has 1 aromatic carbocycles. The number of carbonyl (C=O) groups excluding carboxylic acids is 2. The van der Waals surface area contributed by atoms with Gasteiger partial charge in [-0.25, -0.2) is 0 Å². The van der Waals surface area contributed by atoms with E-state index in [1.807, 2.05) is 48.7 Å². The molecule has 0 bridgehead atoms. The number of aromatic nitrogens is 1. The molecule has 2 rings (SSSR count). The van der Waals surface area contributed by atoms with E-state index in [2.05, 4.69) is 26.6 Å². The fourth-order valence-corrected chi connectivity index (χ4v) is 3.00. The summed E-state index contributed by atoms with van der Waals surface area (Å²) >= 11 is 3.46. The number of ether oxygens (including phenoxy) is 1. The van der Waals surface area contributed by atoms with Crippen LogP contribution in [0.2, 0.25) is 0 Å². The molecule has 6 nitrogen and oxygen atoms in total. The Labute approximate surface area is 155 Å². The molecule has 134 valence electrons. The molecule has 0 saturated carbocycles. The zero-order valence-corrected chi connectivity index (χ0v) is 16.1. The molecule has 1 heterocycles. The molecule has 0 aliphatic heterocycles. The lowest BCUT2D eigenvalue weighted by Gasteiger charge is -2.10. The van der Waals surface area contributed by atoms with E-state index in [1.165, 1.54) is 0 Å². The predicted octanol–water partition coefficient (Wildman–Crippen LogP) is 2.35. The van der Waals surface area contributed by atoms with E-state index >= 15 is 0 Å². The number of rotatable bonds is 7. The van der Waals surface area contributed by atoms with Gasteiger partial charge in [-0.1, -0.05) is 22.0 Å². The Morgan fingerprint density at radius 2 is 1.96 bits per heavy atom. The fourth-order valence-electron chi connectivity index (χ4n) is 2.62. The topological polar surface area (TPSA) is 72.4 Å². The molecule has 25 heavy (non-hydrogen) atoms. The van der Waals surface area contributed by atoms with Crippen molar-refractivity contribution < 1.29 is 14.3 Å². The molecule has 0 aliphatic carbocycles. The van der Waals surface area contributed by atoms with Gasteiger partial charge in [0.15, 0.2) is 0 Å². The van der Waals surface area contributed by atoms with Crippen molar-refractivity contribution in [2.24, 2.45) is 0 Å². The van der Waals surface area contributed by atoms with Crippen LogP contribution in [-0.4, -0.2) is 43.2 Å². The van der Waals surface area contributed by atoms with Crippen LogP contribution in [0.3, 0.4) is 0 Å². The van der Waals surface area contributed by atoms with E-state index in [0.29, 0.717) is 18.7 Å². The second kappa shape index (κ2) is 8.82. The average molecular weight is 408 g/mol. The van der Waals surface area contributed by atoms with Gasteiger partial charge >= 0.3 is 0 Å². The summed E-state index contributed by atoms with van der Waals surface area (Å²) in [5.41, 5.74) is 3.31. The summed E-state index contributed by atoms with van der Waals surface area (Å²) in [6.07, 6.45) is 0. The first-order chi connectivity index (χ1) is 11.9. The van der Waals surface area contributed by atoms with Gasteiger partial charge in [0.1, 0.15) is 0 Å². The Balaban J connectivity index is 2.09. The van der Waals surface area contributed by atoms with E-state index < -0.39 is 0 Å². The number of nitrogens with zero attached hydrogens (tertiary/aromatic N) is 1. The van der Waals surface area contributed by atoms with Gasteiger partial charge in [0.2, 0.25) is 5.91 Å². The predicted molar refractivity (Wildman–Crippen MR) is 100 cm³/mol. The van der Waals surface area contributed by atoms with Crippen molar-refractivity contribution in [3.63, 3.8) is 0 Å². The summed E-state index contributed by atoms with van der Waals surface area (Å²) < 4.78 is 7.84. The van der Waals surface area contributed by atoms with Gasteiger partial charge in [0, 0.05) is 35.2 Å². The minimum Gasteiger partial charge on any atom is -0.383 e. The molecule has 7 heteroatoms. The van der Waals surface area contributed by atoms with Crippen LogP contribution >= 0.6 is 15.9 Å². The van der Waals surface area contributed by atoms with Crippen LogP contribution in [0.1, 0.15) is 21.7 Å². The molecule has 2 aromatic rings. The Kier molecular flexibility index (Phi) is 6.78. The van der Waals surface area contributed by atoms with Crippen molar-refractivity contribution in [1.29, 1.82) is 0 Å². The van der Waals surface area contributed by atoms with Crippen LogP contribution in [-0.2, 0) is 9.53 Å². The number of amides is 2. The summed E-state index contributed by atoms with van der Waals surface area (Å²) in [5, 5.41) is 5.32. The van der Waals surface area contributed by atoms with E-state index in [9.17, 15) is 9.59 Å². The molecule has 0 saturated heterocycles. The van der Waals surface area contributed by atoms with Crippen molar-refractivity contribution in [2.45, 2.75) is 13.8 Å². The number of methoxy groups -OCH3 is 1. The maximum absolute atomic E-state index is 12.4. The first-order valence-electron chi connectivity index (χ1n) is 7.92. The van der Waals surface area contributed by atoms with Crippen LogP contribution in [0.4, 0.5) is 0 Å². The normalized spacial score (nSPS) is 10.6. The third-order valence-corrected chi connectivity index (χ3v) is 4.27. The maximum atomic E-state index is 12.4. The minimum absolute atomic E-state index is 0.0664. The molecule has 1 aromatic heterocycles. The lowest BCUT2D eigenvalue weighted by atomic mass is 10.2. The van der Waals surface area contributed by atoms with Crippen LogP contribution < -0.4 is 10.6 Å². The Morgan fingerprint density at radius 3 is 2.64 bits per heavy atom. The Morgan fingerprint density at radius 1 is 1.20 bits per heavy atom. The van der Waals surface area contributed by atoms with Crippen molar-refractivity contribution in [1.82, 2.24) is 15.2 Å². The van der Waals surface area contributed by atoms with Crippen LogP contribution in [0, 0.1) is 13.8 Å². The summed E-state index contributed by atoms with van der Waals surface area (Å²) in [5.74, 6) is -0.512. The largest absolute Gasteiger partial charge is 0.383 e. The standard InChI is InChI=1S/C18H22BrN3O3/c1-12-9-16(18(24)21-11-17(23)20-7-8-25-3)13(2)22(12)15-6-4-5-14(19)10-15/h4-6,9-10H,7-8,11H2,1-3H3,(H,20,23)(H,21,24). The molecule has 2 amide bonds. The average Bonchev–Trinajstić information content (AvgIpc) is 2.87. The highest BCUT2D eigenvalue weighted by atomic mass is 79.9. The van der Waals surface area contributed by atoms with Gasteiger partial charge in [-0.2, -0.15) is 0 Å². The van der Waals surface area contributed by atoms with Crippen LogP contribution in [0.5, 0.6) is 0 Å². The molecular weight excluding hydrogens is 386 g/mol.